The van der Waals surface area contributed by atoms with Crippen molar-refractivity contribution in [3.63, 3.8) is 0 Å². The molecule has 1 atom stereocenters. The Labute approximate surface area is 106 Å². The summed E-state index contributed by atoms with van der Waals surface area (Å²) in [4.78, 5) is 10.7. The molecule has 1 aromatic heterocycles. The summed E-state index contributed by atoms with van der Waals surface area (Å²) in [5.74, 6) is -0.486. The van der Waals surface area contributed by atoms with E-state index in [1.54, 1.807) is 6.07 Å². The first-order chi connectivity index (χ1) is 8.65. The predicted octanol–water partition coefficient (Wildman–Crippen LogP) is 2.22. The summed E-state index contributed by atoms with van der Waals surface area (Å²) in [6.45, 7) is 7.47. The van der Waals surface area contributed by atoms with Gasteiger partial charge in [0.05, 0.1) is 19.3 Å². The molecule has 0 bridgehead atoms. The van der Waals surface area contributed by atoms with Crippen LogP contribution in [0.5, 0.6) is 0 Å². The Bertz CT molecular complexity index is 386. The Morgan fingerprint density at radius 2 is 2.39 bits per heavy atom. The van der Waals surface area contributed by atoms with E-state index in [1.807, 2.05) is 13.0 Å². The third-order valence-electron chi connectivity index (χ3n) is 2.43. The van der Waals surface area contributed by atoms with Crippen LogP contribution in [-0.2, 0) is 4.74 Å². The van der Waals surface area contributed by atoms with Gasteiger partial charge >= 0.3 is 5.97 Å². The molecular weight excluding hydrogens is 234 g/mol. The van der Waals surface area contributed by atoms with Crippen molar-refractivity contribution in [1.82, 2.24) is 5.32 Å². The molecule has 1 rings (SSSR count). The molecule has 100 valence electrons. The highest BCUT2D eigenvalue weighted by Gasteiger charge is 2.13. The van der Waals surface area contributed by atoms with Crippen LogP contribution in [-0.4, -0.2) is 30.8 Å². The maximum Gasteiger partial charge on any atom is 0.371 e. The average Bonchev–Trinajstić information content (AvgIpc) is 2.83. The SMILES string of the molecule is C=CCCOCCNC(C)c1ccc(C(=O)O)o1. The van der Waals surface area contributed by atoms with E-state index < -0.39 is 5.97 Å². The van der Waals surface area contributed by atoms with Gasteiger partial charge in [-0.25, -0.2) is 4.79 Å². The van der Waals surface area contributed by atoms with Crippen LogP contribution in [0.4, 0.5) is 0 Å². The van der Waals surface area contributed by atoms with Gasteiger partial charge in [0, 0.05) is 6.54 Å². The number of carbonyl (C=O) groups is 1. The van der Waals surface area contributed by atoms with E-state index in [9.17, 15) is 4.79 Å². The highest BCUT2D eigenvalue weighted by molar-refractivity contribution is 5.84. The van der Waals surface area contributed by atoms with Crippen molar-refractivity contribution in [3.8, 4) is 0 Å². The highest BCUT2D eigenvalue weighted by Crippen LogP contribution is 2.15. The fourth-order valence-electron chi connectivity index (χ4n) is 1.42. The molecule has 1 aromatic rings. The van der Waals surface area contributed by atoms with Crippen LogP contribution >= 0.6 is 0 Å². The molecule has 0 aromatic carbocycles. The summed E-state index contributed by atoms with van der Waals surface area (Å²) in [5.41, 5.74) is 0. The minimum absolute atomic E-state index is 0.0406. The number of hydrogen-bond donors (Lipinski definition) is 2. The normalized spacial score (nSPS) is 12.3. The van der Waals surface area contributed by atoms with Crippen molar-refractivity contribution in [2.24, 2.45) is 0 Å². The first-order valence-corrected chi connectivity index (χ1v) is 5.90. The van der Waals surface area contributed by atoms with Crippen molar-refractivity contribution in [3.05, 3.63) is 36.3 Å². The van der Waals surface area contributed by atoms with Crippen molar-refractivity contribution < 1.29 is 19.1 Å². The molecule has 5 nitrogen and oxygen atoms in total. The number of nitrogens with one attached hydrogen (secondary N) is 1. The first-order valence-electron chi connectivity index (χ1n) is 5.90. The first kappa shape index (κ1) is 14.5. The Morgan fingerprint density at radius 1 is 1.61 bits per heavy atom. The zero-order valence-corrected chi connectivity index (χ0v) is 10.5. The number of aromatic carboxylic acids is 1. The van der Waals surface area contributed by atoms with E-state index >= 15 is 0 Å². The summed E-state index contributed by atoms with van der Waals surface area (Å²) >= 11 is 0. The molecule has 2 N–H and O–H groups in total. The van der Waals surface area contributed by atoms with E-state index in [0.29, 0.717) is 25.5 Å². The van der Waals surface area contributed by atoms with Gasteiger partial charge in [0.2, 0.25) is 5.76 Å². The van der Waals surface area contributed by atoms with Crippen LogP contribution in [0.3, 0.4) is 0 Å². The molecule has 0 saturated carbocycles. The molecule has 0 aliphatic rings. The summed E-state index contributed by atoms with van der Waals surface area (Å²) < 4.78 is 10.5. The van der Waals surface area contributed by atoms with E-state index in [1.165, 1.54) is 6.07 Å². The molecule has 1 unspecified atom stereocenters. The molecule has 0 spiro atoms. The molecule has 0 aliphatic heterocycles. The molecule has 5 heteroatoms. The minimum Gasteiger partial charge on any atom is -0.475 e. The van der Waals surface area contributed by atoms with Crippen molar-refractivity contribution in [2.75, 3.05) is 19.8 Å². The number of furan rings is 1. The lowest BCUT2D eigenvalue weighted by Gasteiger charge is -2.11. The molecule has 1 heterocycles. The smallest absolute Gasteiger partial charge is 0.371 e. The van der Waals surface area contributed by atoms with Crippen molar-refractivity contribution in [2.45, 2.75) is 19.4 Å². The van der Waals surface area contributed by atoms with Crippen LogP contribution in [0.2, 0.25) is 0 Å². The topological polar surface area (TPSA) is 71.7 Å². The third-order valence-corrected chi connectivity index (χ3v) is 2.43. The quantitative estimate of drug-likeness (QED) is 0.521. The predicted molar refractivity (Wildman–Crippen MR) is 67.7 cm³/mol. The Kier molecular flexibility index (Phi) is 6.18. The van der Waals surface area contributed by atoms with Crippen molar-refractivity contribution in [1.29, 1.82) is 0 Å². The number of rotatable bonds is 9. The van der Waals surface area contributed by atoms with Gasteiger partial charge in [-0.2, -0.15) is 0 Å². The average molecular weight is 253 g/mol. The van der Waals surface area contributed by atoms with Gasteiger partial charge in [0.1, 0.15) is 5.76 Å². The number of carboxylic acids is 1. The standard InChI is InChI=1S/C13H19NO4/c1-3-4-8-17-9-7-14-10(2)11-5-6-12(18-11)13(15)16/h3,5-6,10,14H,1,4,7-9H2,2H3,(H,15,16). The summed E-state index contributed by atoms with van der Waals surface area (Å²) in [6.07, 6.45) is 2.65. The van der Waals surface area contributed by atoms with Crippen LogP contribution in [0.1, 0.15) is 35.7 Å². The van der Waals surface area contributed by atoms with Crippen LogP contribution in [0.25, 0.3) is 0 Å². The lowest BCUT2D eigenvalue weighted by atomic mass is 10.2. The molecule has 0 fully saturated rings. The van der Waals surface area contributed by atoms with E-state index in [2.05, 4.69) is 11.9 Å². The van der Waals surface area contributed by atoms with Gasteiger partial charge in [-0.15, -0.1) is 6.58 Å². The van der Waals surface area contributed by atoms with Gasteiger partial charge in [-0.3, -0.25) is 0 Å². The number of hydrogen-bond acceptors (Lipinski definition) is 4. The van der Waals surface area contributed by atoms with Gasteiger partial charge in [0.25, 0.3) is 0 Å². The van der Waals surface area contributed by atoms with Gasteiger partial charge in [0.15, 0.2) is 0 Å². The second kappa shape index (κ2) is 7.68. The Hall–Kier alpha value is -1.59. The lowest BCUT2D eigenvalue weighted by Crippen LogP contribution is -2.23. The summed E-state index contributed by atoms with van der Waals surface area (Å²) in [6, 6.07) is 3.08. The van der Waals surface area contributed by atoms with E-state index in [4.69, 9.17) is 14.3 Å². The second-order valence-corrected chi connectivity index (χ2v) is 3.87. The summed E-state index contributed by atoms with van der Waals surface area (Å²) in [5, 5.41) is 11.9. The molecule has 0 amide bonds. The van der Waals surface area contributed by atoms with Gasteiger partial charge < -0.3 is 19.6 Å². The minimum atomic E-state index is -1.05. The molecule has 0 aliphatic carbocycles. The fourth-order valence-corrected chi connectivity index (χ4v) is 1.42. The van der Waals surface area contributed by atoms with Crippen LogP contribution in [0, 0.1) is 0 Å². The number of carboxylic acid groups (broad SMARTS) is 1. The Morgan fingerprint density at radius 3 is 3.00 bits per heavy atom. The summed E-state index contributed by atoms with van der Waals surface area (Å²) in [7, 11) is 0. The van der Waals surface area contributed by atoms with Gasteiger partial charge in [-0.1, -0.05) is 6.08 Å². The highest BCUT2D eigenvalue weighted by atomic mass is 16.5. The maximum atomic E-state index is 10.7. The van der Waals surface area contributed by atoms with Crippen LogP contribution in [0.15, 0.2) is 29.2 Å². The largest absolute Gasteiger partial charge is 0.475 e. The third kappa shape index (κ3) is 4.73. The Balaban J connectivity index is 2.25. The lowest BCUT2D eigenvalue weighted by molar-refractivity contribution is 0.0659. The monoisotopic (exact) mass is 253 g/mol. The zero-order chi connectivity index (χ0) is 13.4. The molecule has 18 heavy (non-hydrogen) atoms. The zero-order valence-electron chi connectivity index (χ0n) is 10.5. The maximum absolute atomic E-state index is 10.7. The van der Waals surface area contributed by atoms with Crippen molar-refractivity contribution >= 4 is 5.97 Å². The molecule has 0 saturated heterocycles. The fraction of sp³-hybridized carbons (Fsp3) is 0.462. The van der Waals surface area contributed by atoms with E-state index in [0.717, 1.165) is 6.42 Å². The molecular formula is C13H19NO4. The van der Waals surface area contributed by atoms with E-state index in [-0.39, 0.29) is 11.8 Å². The number of ether oxygens (including phenoxy) is 1. The molecule has 0 radical (unpaired) electrons. The second-order valence-electron chi connectivity index (χ2n) is 3.87. The van der Waals surface area contributed by atoms with Gasteiger partial charge in [-0.05, 0) is 25.5 Å². The van der Waals surface area contributed by atoms with Crippen LogP contribution < -0.4 is 5.32 Å².